The molecule has 0 amide bonds. The van der Waals surface area contributed by atoms with Gasteiger partial charge < -0.3 is 13.8 Å². The topological polar surface area (TPSA) is 106 Å². The van der Waals surface area contributed by atoms with Crippen molar-refractivity contribution in [1.29, 1.82) is 0 Å². The molecule has 0 spiro atoms. The van der Waals surface area contributed by atoms with Gasteiger partial charge in [0.15, 0.2) is 5.82 Å². The van der Waals surface area contributed by atoms with Crippen molar-refractivity contribution >= 4 is 10.9 Å². The molecule has 186 valence electrons. The van der Waals surface area contributed by atoms with E-state index in [-0.39, 0.29) is 17.5 Å². The monoisotopic (exact) mass is 486 g/mol. The van der Waals surface area contributed by atoms with Crippen molar-refractivity contribution in [2.75, 3.05) is 0 Å². The maximum atomic E-state index is 13.2. The van der Waals surface area contributed by atoms with Crippen molar-refractivity contribution in [3.05, 3.63) is 99.4 Å². The van der Waals surface area contributed by atoms with Crippen molar-refractivity contribution < 1.29 is 8.83 Å². The SMILES string of the molecule is Cc1cc2cc(CN(Cc3ccco3)[C@@H](c3nnnn3Cc3ccco3)C(C)C)c(=O)[nH]c2cc1C. The smallest absolute Gasteiger partial charge is 0.252 e. The van der Waals surface area contributed by atoms with Crippen LogP contribution in [-0.4, -0.2) is 30.1 Å². The van der Waals surface area contributed by atoms with Crippen LogP contribution in [0, 0.1) is 19.8 Å². The molecule has 0 aliphatic heterocycles. The average molecular weight is 487 g/mol. The lowest BCUT2D eigenvalue weighted by molar-refractivity contribution is 0.116. The normalized spacial score (nSPS) is 12.7. The molecule has 0 saturated carbocycles. The number of hydrogen-bond donors (Lipinski definition) is 1. The molecule has 5 aromatic rings. The van der Waals surface area contributed by atoms with E-state index in [4.69, 9.17) is 8.83 Å². The van der Waals surface area contributed by atoms with E-state index >= 15 is 0 Å². The van der Waals surface area contributed by atoms with Crippen LogP contribution in [0.1, 0.15) is 53.9 Å². The number of nitrogens with zero attached hydrogens (tertiary/aromatic N) is 5. The van der Waals surface area contributed by atoms with Gasteiger partial charge in [-0.15, -0.1) is 5.10 Å². The fourth-order valence-corrected chi connectivity index (χ4v) is 4.68. The van der Waals surface area contributed by atoms with E-state index in [1.165, 1.54) is 5.56 Å². The Bertz CT molecular complexity index is 1500. The Morgan fingerprint density at radius 3 is 2.42 bits per heavy atom. The highest BCUT2D eigenvalue weighted by Crippen LogP contribution is 2.30. The van der Waals surface area contributed by atoms with Crippen LogP contribution in [0.4, 0.5) is 0 Å². The largest absolute Gasteiger partial charge is 0.468 e. The summed E-state index contributed by atoms with van der Waals surface area (Å²) in [5, 5.41) is 13.6. The summed E-state index contributed by atoms with van der Waals surface area (Å²) in [6.07, 6.45) is 3.30. The second-order valence-corrected chi connectivity index (χ2v) is 9.59. The fourth-order valence-electron chi connectivity index (χ4n) is 4.68. The van der Waals surface area contributed by atoms with Gasteiger partial charge in [0, 0.05) is 17.6 Å². The zero-order valence-electron chi connectivity index (χ0n) is 20.9. The number of benzene rings is 1. The van der Waals surface area contributed by atoms with E-state index in [1.54, 1.807) is 17.2 Å². The van der Waals surface area contributed by atoms with Gasteiger partial charge in [0.1, 0.15) is 18.1 Å². The van der Waals surface area contributed by atoms with Crippen LogP contribution in [-0.2, 0) is 19.6 Å². The molecule has 4 heterocycles. The Kier molecular flexibility index (Phi) is 6.56. The summed E-state index contributed by atoms with van der Waals surface area (Å²) in [5.74, 6) is 2.41. The van der Waals surface area contributed by atoms with Crippen molar-refractivity contribution in [1.82, 2.24) is 30.1 Å². The van der Waals surface area contributed by atoms with E-state index in [2.05, 4.69) is 52.2 Å². The minimum absolute atomic E-state index is 0.104. The van der Waals surface area contributed by atoms with Gasteiger partial charge in [-0.2, -0.15) is 0 Å². The molecule has 0 aliphatic rings. The lowest BCUT2D eigenvalue weighted by Gasteiger charge is -2.32. The summed E-state index contributed by atoms with van der Waals surface area (Å²) in [7, 11) is 0. The van der Waals surface area contributed by atoms with Gasteiger partial charge in [0.05, 0.1) is 25.1 Å². The molecule has 36 heavy (non-hydrogen) atoms. The summed E-state index contributed by atoms with van der Waals surface area (Å²) in [4.78, 5) is 18.4. The second-order valence-electron chi connectivity index (χ2n) is 9.59. The first-order valence-corrected chi connectivity index (χ1v) is 12.1. The van der Waals surface area contributed by atoms with Crippen molar-refractivity contribution in [3.63, 3.8) is 0 Å². The first-order valence-electron chi connectivity index (χ1n) is 12.1. The molecule has 0 radical (unpaired) electrons. The highest BCUT2D eigenvalue weighted by Gasteiger charge is 2.31. The zero-order chi connectivity index (χ0) is 25.2. The molecule has 0 saturated heterocycles. The molecule has 0 fully saturated rings. The number of pyridine rings is 1. The fraction of sp³-hybridized carbons (Fsp3) is 0.333. The number of aromatic nitrogens is 5. The van der Waals surface area contributed by atoms with Crippen molar-refractivity contribution in [2.45, 2.75) is 53.4 Å². The molecule has 4 aromatic heterocycles. The summed E-state index contributed by atoms with van der Waals surface area (Å²) in [6, 6.07) is 13.5. The van der Waals surface area contributed by atoms with E-state index in [0.29, 0.717) is 31.0 Å². The number of aryl methyl sites for hydroxylation is 2. The lowest BCUT2D eigenvalue weighted by atomic mass is 9.99. The van der Waals surface area contributed by atoms with E-state index in [1.807, 2.05) is 43.3 Å². The van der Waals surface area contributed by atoms with Crippen LogP contribution in [0.3, 0.4) is 0 Å². The zero-order valence-corrected chi connectivity index (χ0v) is 20.9. The molecular weight excluding hydrogens is 456 g/mol. The first kappa shape index (κ1) is 23.7. The van der Waals surface area contributed by atoms with Crippen LogP contribution >= 0.6 is 0 Å². The quantitative estimate of drug-likeness (QED) is 0.320. The number of rotatable bonds is 9. The molecule has 5 rings (SSSR count). The molecule has 9 nitrogen and oxygen atoms in total. The van der Waals surface area contributed by atoms with Crippen LogP contribution in [0.5, 0.6) is 0 Å². The van der Waals surface area contributed by atoms with Gasteiger partial charge in [0.2, 0.25) is 0 Å². The van der Waals surface area contributed by atoms with Gasteiger partial charge in [0.25, 0.3) is 5.56 Å². The maximum absolute atomic E-state index is 13.2. The molecule has 0 unspecified atom stereocenters. The minimum Gasteiger partial charge on any atom is -0.468 e. The molecule has 1 aromatic carbocycles. The third-order valence-electron chi connectivity index (χ3n) is 6.58. The highest BCUT2D eigenvalue weighted by molar-refractivity contribution is 5.80. The van der Waals surface area contributed by atoms with Crippen molar-refractivity contribution in [3.8, 4) is 0 Å². The number of tetrazole rings is 1. The lowest BCUT2D eigenvalue weighted by Crippen LogP contribution is -2.35. The Morgan fingerprint density at radius 2 is 1.72 bits per heavy atom. The first-order chi connectivity index (χ1) is 17.4. The van der Waals surface area contributed by atoms with Gasteiger partial charge in [-0.1, -0.05) is 13.8 Å². The van der Waals surface area contributed by atoms with E-state index < -0.39 is 0 Å². The Balaban J connectivity index is 1.55. The summed E-state index contributed by atoms with van der Waals surface area (Å²) in [5.41, 5.74) is 3.74. The number of fused-ring (bicyclic) bond motifs is 1. The summed E-state index contributed by atoms with van der Waals surface area (Å²) in [6.45, 7) is 9.69. The summed E-state index contributed by atoms with van der Waals surface area (Å²) >= 11 is 0. The number of H-pyrrole nitrogens is 1. The number of aromatic amines is 1. The molecule has 0 aliphatic carbocycles. The predicted molar refractivity (Wildman–Crippen MR) is 135 cm³/mol. The maximum Gasteiger partial charge on any atom is 0.252 e. The third-order valence-corrected chi connectivity index (χ3v) is 6.58. The van der Waals surface area contributed by atoms with E-state index in [0.717, 1.165) is 28.0 Å². The van der Waals surface area contributed by atoms with Gasteiger partial charge >= 0.3 is 0 Å². The van der Waals surface area contributed by atoms with Gasteiger partial charge in [-0.3, -0.25) is 9.69 Å². The Morgan fingerprint density at radius 1 is 1.00 bits per heavy atom. The molecule has 9 heteroatoms. The van der Waals surface area contributed by atoms with Crippen LogP contribution < -0.4 is 5.56 Å². The van der Waals surface area contributed by atoms with Gasteiger partial charge in [-0.25, -0.2) is 4.68 Å². The molecule has 1 atom stereocenters. The average Bonchev–Trinajstić information content (AvgIpc) is 3.61. The van der Waals surface area contributed by atoms with Crippen molar-refractivity contribution in [2.24, 2.45) is 5.92 Å². The number of furan rings is 2. The van der Waals surface area contributed by atoms with E-state index in [9.17, 15) is 4.79 Å². The molecular formula is C27H30N6O3. The van der Waals surface area contributed by atoms with Gasteiger partial charge in [-0.05, 0) is 89.2 Å². The predicted octanol–water partition coefficient (Wildman–Crippen LogP) is 4.77. The van der Waals surface area contributed by atoms with Crippen LogP contribution in [0.25, 0.3) is 10.9 Å². The Hall–Kier alpha value is -3.98. The second kappa shape index (κ2) is 9.94. The highest BCUT2D eigenvalue weighted by atomic mass is 16.3. The molecule has 0 bridgehead atoms. The number of hydrogen-bond acceptors (Lipinski definition) is 7. The minimum atomic E-state index is -0.185. The standard InChI is InChI=1S/C27H30N6O3/c1-17(2)25(26-29-30-31-33(26)16-23-8-6-10-36-23)32(15-22-7-5-9-35-22)14-21-13-20-11-18(3)19(4)12-24(20)28-27(21)34/h5-13,17,25H,14-16H2,1-4H3,(H,28,34)/t25-/m1/s1. The van der Waals surface area contributed by atoms with Crippen LogP contribution in [0.2, 0.25) is 0 Å². The van der Waals surface area contributed by atoms with Crippen LogP contribution in [0.15, 0.2) is 68.6 Å². The number of nitrogens with one attached hydrogen (secondary N) is 1. The molecule has 1 N–H and O–H groups in total. The Labute approximate surface area is 208 Å². The third kappa shape index (κ3) is 4.87. The summed E-state index contributed by atoms with van der Waals surface area (Å²) < 4.78 is 13.0.